The number of rotatable bonds is 7. The van der Waals surface area contributed by atoms with Crippen LogP contribution in [0.1, 0.15) is 24.0 Å². The summed E-state index contributed by atoms with van der Waals surface area (Å²) in [6.07, 6.45) is 2.81. The average Bonchev–Trinajstić information content (AvgIpc) is 3.16. The van der Waals surface area contributed by atoms with Crippen molar-refractivity contribution in [2.45, 2.75) is 30.7 Å². The van der Waals surface area contributed by atoms with Gasteiger partial charge in [0.15, 0.2) is 5.52 Å². The molecule has 1 aliphatic rings. The fraction of sp³-hybridized carbons (Fsp3) is 0.368. The van der Waals surface area contributed by atoms with Crippen LogP contribution in [0.2, 0.25) is 0 Å². The van der Waals surface area contributed by atoms with Gasteiger partial charge in [-0.3, -0.25) is 4.90 Å². The monoisotopic (exact) mass is 386 g/mol. The molecule has 1 aromatic heterocycles. The third-order valence-corrected chi connectivity index (χ3v) is 6.43. The minimum absolute atomic E-state index is 0.105. The van der Waals surface area contributed by atoms with E-state index in [9.17, 15) is 8.42 Å². The Kier molecular flexibility index (Phi) is 5.20. The Morgan fingerprint density at radius 3 is 2.78 bits per heavy atom. The highest BCUT2D eigenvalue weighted by atomic mass is 32.2. The van der Waals surface area contributed by atoms with Crippen molar-refractivity contribution < 1.29 is 13.0 Å². The molecule has 1 N–H and O–H groups in total. The normalized spacial score (nSPS) is 15.1. The van der Waals surface area contributed by atoms with Crippen molar-refractivity contribution in [1.82, 2.24) is 19.9 Å². The molecule has 1 aliphatic heterocycles. The van der Waals surface area contributed by atoms with Crippen molar-refractivity contribution in [3.8, 4) is 0 Å². The Bertz CT molecular complexity index is 1030. The summed E-state index contributed by atoms with van der Waals surface area (Å²) in [5.41, 5.74) is 3.54. The fourth-order valence-electron chi connectivity index (χ4n) is 3.49. The Balaban J connectivity index is 1.26. The zero-order chi connectivity index (χ0) is 18.7. The molecule has 0 saturated heterocycles. The predicted molar refractivity (Wildman–Crippen MR) is 102 cm³/mol. The first-order valence-corrected chi connectivity index (χ1v) is 10.6. The second kappa shape index (κ2) is 7.75. The molecular formula is C19H22N4O3S. The van der Waals surface area contributed by atoms with Gasteiger partial charge in [-0.05, 0) is 59.4 Å². The number of nitrogens with one attached hydrogen (secondary N) is 1. The molecule has 0 saturated carbocycles. The fourth-order valence-corrected chi connectivity index (χ4v) is 4.71. The van der Waals surface area contributed by atoms with Crippen LogP contribution in [0.4, 0.5) is 0 Å². The highest BCUT2D eigenvalue weighted by molar-refractivity contribution is 7.89. The first kappa shape index (κ1) is 18.1. The summed E-state index contributed by atoms with van der Waals surface area (Å²) in [7, 11) is -3.63. The molecule has 0 aliphatic carbocycles. The van der Waals surface area contributed by atoms with Gasteiger partial charge in [-0.1, -0.05) is 30.3 Å². The molecule has 0 spiro atoms. The standard InChI is InChI=1S/C19H22N4O3S/c24-27(25,18-9-5-8-17-19(18)22-26-21-17)20-11-3-4-12-23-13-10-15-6-1-2-7-16(15)14-23/h1-2,5-9,20H,3-4,10-14H2. The van der Waals surface area contributed by atoms with Crippen molar-refractivity contribution in [2.75, 3.05) is 19.6 Å². The van der Waals surface area contributed by atoms with Crippen molar-refractivity contribution in [2.24, 2.45) is 0 Å². The van der Waals surface area contributed by atoms with Crippen LogP contribution in [0.15, 0.2) is 52.0 Å². The number of aromatic nitrogens is 2. The highest BCUT2D eigenvalue weighted by Gasteiger charge is 2.20. The highest BCUT2D eigenvalue weighted by Crippen LogP contribution is 2.20. The van der Waals surface area contributed by atoms with E-state index in [0.29, 0.717) is 12.1 Å². The van der Waals surface area contributed by atoms with Crippen LogP contribution in [0.5, 0.6) is 0 Å². The minimum Gasteiger partial charge on any atom is -0.299 e. The molecule has 0 amide bonds. The molecule has 3 aromatic rings. The minimum atomic E-state index is -3.63. The number of nitrogens with zero attached hydrogens (tertiary/aromatic N) is 3. The van der Waals surface area contributed by atoms with E-state index in [1.807, 2.05) is 0 Å². The molecule has 4 rings (SSSR count). The van der Waals surface area contributed by atoms with Crippen LogP contribution in [-0.4, -0.2) is 43.3 Å². The van der Waals surface area contributed by atoms with Crippen LogP contribution in [0, 0.1) is 0 Å². The number of benzene rings is 2. The topological polar surface area (TPSA) is 88.3 Å². The van der Waals surface area contributed by atoms with Gasteiger partial charge in [0.2, 0.25) is 10.0 Å². The van der Waals surface area contributed by atoms with Crippen LogP contribution in [0.25, 0.3) is 11.0 Å². The van der Waals surface area contributed by atoms with Gasteiger partial charge in [-0.2, -0.15) is 0 Å². The van der Waals surface area contributed by atoms with Crippen molar-refractivity contribution >= 4 is 21.1 Å². The second-order valence-electron chi connectivity index (χ2n) is 6.79. The van der Waals surface area contributed by atoms with E-state index in [4.69, 9.17) is 0 Å². The van der Waals surface area contributed by atoms with Crippen LogP contribution < -0.4 is 4.72 Å². The van der Waals surface area contributed by atoms with Crippen LogP contribution >= 0.6 is 0 Å². The predicted octanol–water partition coefficient (Wildman–Crippen LogP) is 2.34. The third kappa shape index (κ3) is 4.02. The van der Waals surface area contributed by atoms with Gasteiger partial charge < -0.3 is 0 Å². The Morgan fingerprint density at radius 2 is 1.89 bits per heavy atom. The van der Waals surface area contributed by atoms with Gasteiger partial charge >= 0.3 is 0 Å². The summed E-state index contributed by atoms with van der Waals surface area (Å²) in [5.74, 6) is 0. The maximum atomic E-state index is 12.5. The van der Waals surface area contributed by atoms with Gasteiger partial charge in [-0.15, -0.1) is 0 Å². The molecule has 142 valence electrons. The Hall–Kier alpha value is -2.29. The maximum absolute atomic E-state index is 12.5. The second-order valence-corrected chi connectivity index (χ2v) is 8.52. The zero-order valence-electron chi connectivity index (χ0n) is 15.0. The molecular weight excluding hydrogens is 364 g/mol. The van der Waals surface area contributed by atoms with E-state index < -0.39 is 10.0 Å². The lowest BCUT2D eigenvalue weighted by atomic mass is 10.00. The van der Waals surface area contributed by atoms with Crippen molar-refractivity contribution in [1.29, 1.82) is 0 Å². The quantitative estimate of drug-likeness (QED) is 0.627. The van der Waals surface area contributed by atoms with E-state index in [0.717, 1.165) is 38.9 Å². The van der Waals surface area contributed by atoms with Crippen LogP contribution in [-0.2, 0) is 23.0 Å². The van der Waals surface area contributed by atoms with Gasteiger partial charge in [0.25, 0.3) is 0 Å². The number of hydrogen-bond acceptors (Lipinski definition) is 6. The Labute approximate surface area is 158 Å². The van der Waals surface area contributed by atoms with Gasteiger partial charge in [0, 0.05) is 19.6 Å². The third-order valence-electron chi connectivity index (χ3n) is 4.94. The van der Waals surface area contributed by atoms with E-state index in [1.54, 1.807) is 12.1 Å². The molecule has 27 heavy (non-hydrogen) atoms. The average molecular weight is 386 g/mol. The smallest absolute Gasteiger partial charge is 0.242 e. The van der Waals surface area contributed by atoms with E-state index >= 15 is 0 Å². The summed E-state index contributed by atoms with van der Waals surface area (Å²) in [6.45, 7) is 3.40. The molecule has 2 heterocycles. The van der Waals surface area contributed by atoms with Gasteiger partial charge in [0.1, 0.15) is 10.4 Å². The number of hydrogen-bond donors (Lipinski definition) is 1. The van der Waals surface area contributed by atoms with E-state index in [1.165, 1.54) is 17.2 Å². The summed E-state index contributed by atoms with van der Waals surface area (Å²) >= 11 is 0. The summed E-state index contributed by atoms with van der Waals surface area (Å²) < 4.78 is 32.3. The molecule has 8 heteroatoms. The molecule has 0 unspecified atom stereocenters. The lowest BCUT2D eigenvalue weighted by Crippen LogP contribution is -2.32. The zero-order valence-corrected chi connectivity index (χ0v) is 15.8. The molecule has 0 bridgehead atoms. The Morgan fingerprint density at radius 1 is 1.04 bits per heavy atom. The molecule has 0 atom stereocenters. The number of sulfonamides is 1. The van der Waals surface area contributed by atoms with Crippen molar-refractivity contribution in [3.05, 3.63) is 53.6 Å². The molecule has 2 aromatic carbocycles. The first-order valence-electron chi connectivity index (χ1n) is 9.13. The number of unbranched alkanes of at least 4 members (excludes halogenated alkanes) is 1. The summed E-state index contributed by atoms with van der Waals surface area (Å²) in [4.78, 5) is 2.53. The summed E-state index contributed by atoms with van der Waals surface area (Å²) in [6, 6.07) is 13.4. The lowest BCUT2D eigenvalue weighted by Gasteiger charge is -2.28. The first-order chi connectivity index (χ1) is 13.1. The molecule has 0 fully saturated rings. The van der Waals surface area contributed by atoms with Gasteiger partial charge in [0.05, 0.1) is 0 Å². The number of fused-ring (bicyclic) bond motifs is 2. The SMILES string of the molecule is O=S(=O)(NCCCCN1CCc2ccccc2C1)c1cccc2nonc12. The van der Waals surface area contributed by atoms with Crippen LogP contribution in [0.3, 0.4) is 0 Å². The van der Waals surface area contributed by atoms with Crippen molar-refractivity contribution in [3.63, 3.8) is 0 Å². The van der Waals surface area contributed by atoms with E-state index in [-0.39, 0.29) is 10.4 Å². The molecule has 7 nitrogen and oxygen atoms in total. The molecule has 0 radical (unpaired) electrons. The summed E-state index contributed by atoms with van der Waals surface area (Å²) in [5, 5.41) is 7.38. The van der Waals surface area contributed by atoms with E-state index in [2.05, 4.69) is 48.8 Å². The maximum Gasteiger partial charge on any atom is 0.242 e. The lowest BCUT2D eigenvalue weighted by molar-refractivity contribution is 0.249. The largest absolute Gasteiger partial charge is 0.299 e. The van der Waals surface area contributed by atoms with Gasteiger partial charge in [-0.25, -0.2) is 17.8 Å².